The molecule has 0 amide bonds. The standard InChI is InChI=1S/C18H17ClN6O.C5H9F/c1-11-12(2-3-16(26)23-11)9-25-7-4-13-15(10-25)14(8-21)17(19)24-18(13)22-6-5-20;1-5(6)3-2-4-5/h2-3H,4,6-7,9-10H2,1H3,(H,22,24)(H,23,26);2-4H2,1H3. The third-order valence-electron chi connectivity index (χ3n) is 5.89. The van der Waals surface area contributed by atoms with E-state index >= 15 is 0 Å². The van der Waals surface area contributed by atoms with Crippen molar-refractivity contribution in [1.29, 1.82) is 10.5 Å². The molecule has 2 aromatic heterocycles. The number of anilines is 1. The van der Waals surface area contributed by atoms with E-state index in [2.05, 4.69) is 26.3 Å². The molecule has 2 aromatic rings. The van der Waals surface area contributed by atoms with E-state index in [0.717, 1.165) is 48.2 Å². The van der Waals surface area contributed by atoms with Crippen LogP contribution in [-0.2, 0) is 19.5 Å². The van der Waals surface area contributed by atoms with Crippen LogP contribution in [0.15, 0.2) is 16.9 Å². The number of aromatic amines is 1. The van der Waals surface area contributed by atoms with E-state index in [0.29, 0.717) is 30.9 Å². The van der Waals surface area contributed by atoms with Crippen molar-refractivity contribution in [2.75, 3.05) is 18.4 Å². The highest BCUT2D eigenvalue weighted by Crippen LogP contribution is 2.34. The summed E-state index contributed by atoms with van der Waals surface area (Å²) in [6.45, 7) is 5.66. The number of aromatic nitrogens is 2. The molecular formula is C23H26ClFN6O. The van der Waals surface area contributed by atoms with Crippen molar-refractivity contribution < 1.29 is 4.39 Å². The number of H-pyrrole nitrogens is 1. The fourth-order valence-electron chi connectivity index (χ4n) is 3.86. The van der Waals surface area contributed by atoms with Crippen LogP contribution in [0.25, 0.3) is 0 Å². The normalized spacial score (nSPS) is 16.4. The summed E-state index contributed by atoms with van der Waals surface area (Å²) in [6.07, 6.45) is 3.36. The van der Waals surface area contributed by atoms with Crippen LogP contribution in [-0.4, -0.2) is 33.6 Å². The Balaban J connectivity index is 0.000000416. The van der Waals surface area contributed by atoms with Crippen LogP contribution in [0.5, 0.6) is 0 Å². The highest BCUT2D eigenvalue weighted by molar-refractivity contribution is 6.30. The van der Waals surface area contributed by atoms with Crippen molar-refractivity contribution in [3.05, 3.63) is 55.6 Å². The van der Waals surface area contributed by atoms with Gasteiger partial charge in [0.1, 0.15) is 29.3 Å². The Morgan fingerprint density at radius 1 is 1.34 bits per heavy atom. The molecule has 1 saturated carbocycles. The second-order valence-corrected chi connectivity index (χ2v) is 8.77. The number of nitrogens with zero attached hydrogens (tertiary/aromatic N) is 4. The van der Waals surface area contributed by atoms with Gasteiger partial charge in [0.2, 0.25) is 5.56 Å². The van der Waals surface area contributed by atoms with Gasteiger partial charge in [0.15, 0.2) is 0 Å². The molecule has 9 heteroatoms. The first-order chi connectivity index (χ1) is 15.2. The summed E-state index contributed by atoms with van der Waals surface area (Å²) in [5.74, 6) is 0.574. The number of aryl methyl sites for hydroxylation is 1. The Kier molecular flexibility index (Phi) is 7.50. The van der Waals surface area contributed by atoms with Gasteiger partial charge in [-0.1, -0.05) is 17.7 Å². The lowest BCUT2D eigenvalue weighted by Crippen LogP contribution is -2.32. The summed E-state index contributed by atoms with van der Waals surface area (Å²) in [6, 6.07) is 7.52. The van der Waals surface area contributed by atoms with Crippen molar-refractivity contribution >= 4 is 17.4 Å². The Morgan fingerprint density at radius 2 is 2.06 bits per heavy atom. The number of hydrogen-bond donors (Lipinski definition) is 2. The number of fused-ring (bicyclic) bond motifs is 1. The third-order valence-corrected chi connectivity index (χ3v) is 6.17. The average Bonchev–Trinajstić information content (AvgIpc) is 2.73. The number of nitrogens with one attached hydrogen (secondary N) is 2. The van der Waals surface area contributed by atoms with Gasteiger partial charge in [0, 0.05) is 37.0 Å². The van der Waals surface area contributed by atoms with Gasteiger partial charge in [-0.15, -0.1) is 0 Å². The molecule has 1 aliphatic heterocycles. The highest BCUT2D eigenvalue weighted by Gasteiger charge is 2.30. The number of nitriles is 2. The minimum atomic E-state index is -0.778. The van der Waals surface area contributed by atoms with Gasteiger partial charge in [-0.25, -0.2) is 9.37 Å². The van der Waals surface area contributed by atoms with Gasteiger partial charge >= 0.3 is 0 Å². The number of halogens is 2. The number of alkyl halides is 1. The fourth-order valence-corrected chi connectivity index (χ4v) is 4.10. The molecule has 7 nitrogen and oxygen atoms in total. The van der Waals surface area contributed by atoms with E-state index in [4.69, 9.17) is 16.9 Å². The molecule has 1 aliphatic carbocycles. The molecule has 0 aromatic carbocycles. The quantitative estimate of drug-likeness (QED) is 0.531. The first-order valence-corrected chi connectivity index (χ1v) is 10.9. The fraction of sp³-hybridized carbons (Fsp3) is 0.478. The lowest BCUT2D eigenvalue weighted by molar-refractivity contribution is 0.0858. The van der Waals surface area contributed by atoms with E-state index in [1.165, 1.54) is 6.07 Å². The summed E-state index contributed by atoms with van der Waals surface area (Å²) in [5, 5.41) is 21.4. The minimum absolute atomic E-state index is 0.118. The van der Waals surface area contributed by atoms with Gasteiger partial charge < -0.3 is 10.3 Å². The van der Waals surface area contributed by atoms with Crippen LogP contribution in [0.1, 0.15) is 54.1 Å². The lowest BCUT2D eigenvalue weighted by Gasteiger charge is -2.31. The zero-order valence-corrected chi connectivity index (χ0v) is 19.0. The molecule has 0 spiro atoms. The van der Waals surface area contributed by atoms with Crippen molar-refractivity contribution in [3.8, 4) is 12.1 Å². The van der Waals surface area contributed by atoms with E-state index < -0.39 is 5.67 Å². The largest absolute Gasteiger partial charge is 0.357 e. The van der Waals surface area contributed by atoms with Crippen LogP contribution < -0.4 is 10.9 Å². The smallest absolute Gasteiger partial charge is 0.248 e. The maximum absolute atomic E-state index is 12.2. The molecule has 0 saturated heterocycles. The van der Waals surface area contributed by atoms with Crippen LogP contribution in [0.2, 0.25) is 5.15 Å². The molecule has 2 N–H and O–H groups in total. The van der Waals surface area contributed by atoms with Crippen LogP contribution >= 0.6 is 11.6 Å². The first-order valence-electron chi connectivity index (χ1n) is 10.6. The van der Waals surface area contributed by atoms with Crippen LogP contribution in [0, 0.1) is 29.6 Å². The zero-order chi connectivity index (χ0) is 23.3. The number of hydrogen-bond acceptors (Lipinski definition) is 6. The molecule has 168 valence electrons. The van der Waals surface area contributed by atoms with Gasteiger partial charge in [-0.05, 0) is 50.7 Å². The molecule has 3 heterocycles. The van der Waals surface area contributed by atoms with Gasteiger partial charge in [-0.3, -0.25) is 9.69 Å². The topological polar surface area (TPSA) is 109 Å². The van der Waals surface area contributed by atoms with Crippen LogP contribution in [0.4, 0.5) is 10.2 Å². The van der Waals surface area contributed by atoms with Gasteiger partial charge in [-0.2, -0.15) is 10.5 Å². The van der Waals surface area contributed by atoms with Crippen molar-refractivity contribution in [1.82, 2.24) is 14.9 Å². The van der Waals surface area contributed by atoms with E-state index in [-0.39, 0.29) is 17.3 Å². The Bertz CT molecular complexity index is 1130. The molecule has 4 rings (SSSR count). The van der Waals surface area contributed by atoms with Crippen molar-refractivity contribution in [2.24, 2.45) is 0 Å². The molecule has 1 fully saturated rings. The predicted molar refractivity (Wildman–Crippen MR) is 121 cm³/mol. The SMILES string of the molecule is CC1(F)CCC1.Cc1[nH]c(=O)ccc1CN1CCc2c(NCC#N)nc(Cl)c(C#N)c2C1. The summed E-state index contributed by atoms with van der Waals surface area (Å²) < 4.78 is 12.2. The molecule has 0 bridgehead atoms. The monoisotopic (exact) mass is 456 g/mol. The van der Waals surface area contributed by atoms with Gasteiger partial charge in [0.05, 0.1) is 11.6 Å². The number of rotatable bonds is 4. The van der Waals surface area contributed by atoms with Crippen LogP contribution in [0.3, 0.4) is 0 Å². The second kappa shape index (κ2) is 10.1. The molecule has 0 unspecified atom stereocenters. The average molecular weight is 457 g/mol. The third kappa shape index (κ3) is 5.64. The summed E-state index contributed by atoms with van der Waals surface area (Å²) in [5.41, 5.74) is 3.15. The Morgan fingerprint density at radius 3 is 2.62 bits per heavy atom. The molecule has 0 atom stereocenters. The Labute approximate surface area is 191 Å². The number of pyridine rings is 2. The predicted octanol–water partition coefficient (Wildman–Crippen LogP) is 4.00. The minimum Gasteiger partial charge on any atom is -0.357 e. The van der Waals surface area contributed by atoms with E-state index in [1.54, 1.807) is 6.92 Å². The maximum Gasteiger partial charge on any atom is 0.248 e. The summed E-state index contributed by atoms with van der Waals surface area (Å²) in [4.78, 5) is 20.6. The summed E-state index contributed by atoms with van der Waals surface area (Å²) in [7, 11) is 0. The maximum atomic E-state index is 12.2. The molecule has 32 heavy (non-hydrogen) atoms. The zero-order valence-electron chi connectivity index (χ0n) is 18.3. The van der Waals surface area contributed by atoms with Crippen molar-refractivity contribution in [2.45, 2.75) is 58.3 Å². The molecule has 2 aliphatic rings. The van der Waals surface area contributed by atoms with E-state index in [9.17, 15) is 14.4 Å². The van der Waals surface area contributed by atoms with Gasteiger partial charge in [0.25, 0.3) is 0 Å². The molecule has 0 radical (unpaired) electrons. The van der Waals surface area contributed by atoms with E-state index in [1.807, 2.05) is 19.1 Å². The first kappa shape index (κ1) is 23.7. The highest BCUT2D eigenvalue weighted by atomic mass is 35.5. The lowest BCUT2D eigenvalue weighted by atomic mass is 9.84. The molecular weight excluding hydrogens is 431 g/mol. The Hall–Kier alpha value is -2.94. The summed E-state index contributed by atoms with van der Waals surface area (Å²) >= 11 is 6.18. The van der Waals surface area contributed by atoms with Crippen molar-refractivity contribution in [3.63, 3.8) is 0 Å². The second-order valence-electron chi connectivity index (χ2n) is 8.41.